The molecule has 0 saturated heterocycles. The van der Waals surface area contributed by atoms with Gasteiger partial charge in [0, 0.05) is 35.0 Å². The quantitative estimate of drug-likeness (QED) is 0.185. The lowest BCUT2D eigenvalue weighted by Crippen LogP contribution is -2.32. The molecule has 3 aromatic rings. The molecule has 0 aliphatic heterocycles. The molecule has 0 spiro atoms. The summed E-state index contributed by atoms with van der Waals surface area (Å²) in [5.74, 6) is -0.0122. The molecule has 1 aromatic heterocycles. The van der Waals surface area contributed by atoms with Crippen molar-refractivity contribution >= 4 is 33.4 Å². The predicted octanol–water partition coefficient (Wildman–Crippen LogP) is 4.93. The first-order valence-electron chi connectivity index (χ1n) is 11.6. The zero-order valence-electron chi connectivity index (χ0n) is 19.9. The summed E-state index contributed by atoms with van der Waals surface area (Å²) in [5.41, 5.74) is 1.01. The number of benzene rings is 2. The molecule has 2 N–H and O–H groups in total. The fraction of sp³-hybridized carbons (Fsp3) is 0.231. The SMILES string of the molecule is Cc1cc(NC(=O)/C(C#N)=C/c2ccc(-c3ccc(S(=O)(=O)NC4CCCC4)cc3)o2)ccc1[N+](=O)[O-]. The molecular weight excluding hydrogens is 496 g/mol. The van der Waals surface area contributed by atoms with E-state index >= 15 is 0 Å². The minimum absolute atomic E-state index is 0.0277. The number of nitrogens with one attached hydrogen (secondary N) is 2. The lowest BCUT2D eigenvalue weighted by atomic mass is 10.1. The second-order valence-electron chi connectivity index (χ2n) is 8.71. The van der Waals surface area contributed by atoms with Gasteiger partial charge < -0.3 is 9.73 Å². The number of nitro benzene ring substituents is 1. The van der Waals surface area contributed by atoms with Crippen LogP contribution in [0, 0.1) is 28.4 Å². The second-order valence-corrected chi connectivity index (χ2v) is 10.4. The molecule has 10 nitrogen and oxygen atoms in total. The summed E-state index contributed by atoms with van der Waals surface area (Å²) in [5, 5.41) is 23.0. The molecule has 2 aromatic carbocycles. The molecule has 1 amide bonds. The number of hydrogen-bond acceptors (Lipinski definition) is 7. The average Bonchev–Trinajstić information content (AvgIpc) is 3.54. The van der Waals surface area contributed by atoms with Crippen molar-refractivity contribution in [2.45, 2.75) is 43.5 Å². The third-order valence-corrected chi connectivity index (χ3v) is 7.59. The highest BCUT2D eigenvalue weighted by Gasteiger charge is 2.23. The Balaban J connectivity index is 1.46. The van der Waals surface area contributed by atoms with E-state index in [0.717, 1.165) is 25.7 Å². The maximum absolute atomic E-state index is 12.6. The molecule has 1 aliphatic rings. The Bertz CT molecular complexity index is 1510. The minimum atomic E-state index is -3.61. The van der Waals surface area contributed by atoms with Crippen LogP contribution < -0.4 is 10.0 Å². The van der Waals surface area contributed by atoms with Gasteiger partial charge in [-0.25, -0.2) is 13.1 Å². The van der Waals surface area contributed by atoms with Crippen molar-refractivity contribution in [3.8, 4) is 17.4 Å². The average molecular weight is 521 g/mol. The van der Waals surface area contributed by atoms with E-state index in [-0.39, 0.29) is 28.0 Å². The molecule has 1 fully saturated rings. The zero-order valence-corrected chi connectivity index (χ0v) is 20.7. The maximum atomic E-state index is 12.6. The van der Waals surface area contributed by atoms with Gasteiger partial charge in [0.05, 0.1) is 9.82 Å². The number of sulfonamides is 1. The van der Waals surface area contributed by atoms with Crippen molar-refractivity contribution in [1.29, 1.82) is 5.26 Å². The van der Waals surface area contributed by atoms with Gasteiger partial charge in [0.15, 0.2) is 0 Å². The van der Waals surface area contributed by atoms with Crippen LogP contribution in [-0.2, 0) is 14.8 Å². The molecule has 1 heterocycles. The number of nitriles is 1. The number of aryl methyl sites for hydroxylation is 1. The van der Waals surface area contributed by atoms with Gasteiger partial charge in [-0.2, -0.15) is 5.26 Å². The number of nitro groups is 1. The topological polar surface area (TPSA) is 155 Å². The molecule has 1 saturated carbocycles. The lowest BCUT2D eigenvalue weighted by Gasteiger charge is -2.12. The Kier molecular flexibility index (Phi) is 7.52. The van der Waals surface area contributed by atoms with Gasteiger partial charge in [0.25, 0.3) is 11.6 Å². The van der Waals surface area contributed by atoms with Crippen LogP contribution in [0.25, 0.3) is 17.4 Å². The van der Waals surface area contributed by atoms with Crippen molar-refractivity contribution in [2.24, 2.45) is 0 Å². The summed E-state index contributed by atoms with van der Waals surface area (Å²) in [6.45, 7) is 1.55. The van der Waals surface area contributed by atoms with Crippen LogP contribution in [0.2, 0.25) is 0 Å². The molecule has 0 bridgehead atoms. The molecule has 190 valence electrons. The van der Waals surface area contributed by atoms with Gasteiger partial charge in [-0.3, -0.25) is 14.9 Å². The van der Waals surface area contributed by atoms with Gasteiger partial charge in [-0.05, 0) is 68.3 Å². The summed E-state index contributed by atoms with van der Waals surface area (Å²) < 4.78 is 33.7. The number of rotatable bonds is 8. The largest absolute Gasteiger partial charge is 0.457 e. The van der Waals surface area contributed by atoms with E-state index in [1.807, 2.05) is 6.07 Å². The number of anilines is 1. The molecule has 1 aliphatic carbocycles. The zero-order chi connectivity index (χ0) is 26.6. The van der Waals surface area contributed by atoms with Crippen molar-refractivity contribution < 1.29 is 22.6 Å². The molecule has 37 heavy (non-hydrogen) atoms. The van der Waals surface area contributed by atoms with E-state index < -0.39 is 20.9 Å². The van der Waals surface area contributed by atoms with Crippen molar-refractivity contribution in [3.63, 3.8) is 0 Å². The highest BCUT2D eigenvalue weighted by Crippen LogP contribution is 2.26. The van der Waals surface area contributed by atoms with E-state index in [1.54, 1.807) is 31.2 Å². The minimum Gasteiger partial charge on any atom is -0.457 e. The van der Waals surface area contributed by atoms with Crippen LogP contribution in [0.5, 0.6) is 0 Å². The number of furan rings is 1. The van der Waals surface area contributed by atoms with E-state index in [0.29, 0.717) is 22.6 Å². The maximum Gasteiger partial charge on any atom is 0.272 e. The standard InChI is InChI=1S/C26H24N4O6S/c1-17-14-21(8-12-24(17)30(32)33)28-26(31)19(16-27)15-22-9-13-25(36-22)18-6-10-23(11-7-18)37(34,35)29-20-4-2-3-5-20/h6-15,20,29H,2-5H2,1H3,(H,28,31)/b19-15+. The Morgan fingerprint density at radius 2 is 1.84 bits per heavy atom. The van der Waals surface area contributed by atoms with Crippen LogP contribution in [0.4, 0.5) is 11.4 Å². The number of nitrogens with zero attached hydrogens (tertiary/aromatic N) is 2. The molecule has 0 radical (unpaired) electrons. The Morgan fingerprint density at radius 1 is 1.14 bits per heavy atom. The first kappa shape index (κ1) is 25.8. The van der Waals surface area contributed by atoms with Gasteiger partial charge in [-0.1, -0.05) is 12.8 Å². The van der Waals surface area contributed by atoms with Gasteiger partial charge in [0.2, 0.25) is 10.0 Å². The van der Waals surface area contributed by atoms with E-state index in [2.05, 4.69) is 10.0 Å². The van der Waals surface area contributed by atoms with Crippen LogP contribution in [0.1, 0.15) is 37.0 Å². The number of carbonyl (C=O) groups excluding carboxylic acids is 1. The number of carbonyl (C=O) groups is 1. The van der Waals surface area contributed by atoms with Gasteiger partial charge in [0.1, 0.15) is 23.2 Å². The monoisotopic (exact) mass is 520 g/mol. The summed E-state index contributed by atoms with van der Waals surface area (Å²) in [4.78, 5) is 23.2. The Morgan fingerprint density at radius 3 is 2.46 bits per heavy atom. The molecule has 4 rings (SSSR count). The van der Waals surface area contributed by atoms with Crippen LogP contribution in [0.15, 0.2) is 69.5 Å². The van der Waals surface area contributed by atoms with Crippen molar-refractivity contribution in [2.75, 3.05) is 5.32 Å². The van der Waals surface area contributed by atoms with Crippen LogP contribution in [0.3, 0.4) is 0 Å². The van der Waals surface area contributed by atoms with Crippen LogP contribution >= 0.6 is 0 Å². The summed E-state index contributed by atoms with van der Waals surface area (Å²) in [6, 6.07) is 15.4. The third-order valence-electron chi connectivity index (χ3n) is 6.06. The highest BCUT2D eigenvalue weighted by molar-refractivity contribution is 7.89. The Hall–Kier alpha value is -4.27. The molecule has 0 unspecified atom stereocenters. The lowest BCUT2D eigenvalue weighted by molar-refractivity contribution is -0.385. The first-order chi connectivity index (χ1) is 17.7. The fourth-order valence-electron chi connectivity index (χ4n) is 4.14. The number of hydrogen-bond donors (Lipinski definition) is 2. The summed E-state index contributed by atoms with van der Waals surface area (Å²) in [6.07, 6.45) is 5.01. The van der Waals surface area contributed by atoms with Gasteiger partial charge in [-0.15, -0.1) is 0 Å². The normalized spacial score (nSPS) is 14.3. The van der Waals surface area contributed by atoms with Gasteiger partial charge >= 0.3 is 0 Å². The van der Waals surface area contributed by atoms with E-state index in [9.17, 15) is 28.6 Å². The van der Waals surface area contributed by atoms with E-state index in [1.165, 1.54) is 36.4 Å². The molecular formula is C26H24N4O6S. The van der Waals surface area contributed by atoms with Crippen molar-refractivity contribution in [1.82, 2.24) is 4.72 Å². The number of amides is 1. The first-order valence-corrected chi connectivity index (χ1v) is 13.1. The second kappa shape index (κ2) is 10.8. The summed E-state index contributed by atoms with van der Waals surface area (Å²) in [7, 11) is -3.61. The van der Waals surface area contributed by atoms with Crippen molar-refractivity contribution in [3.05, 3.63) is 81.6 Å². The molecule has 11 heteroatoms. The highest BCUT2D eigenvalue weighted by atomic mass is 32.2. The van der Waals surface area contributed by atoms with Crippen LogP contribution in [-0.4, -0.2) is 25.3 Å². The molecule has 0 atom stereocenters. The smallest absolute Gasteiger partial charge is 0.272 e. The summed E-state index contributed by atoms with van der Waals surface area (Å²) >= 11 is 0. The Labute approximate surface area is 213 Å². The predicted molar refractivity (Wildman–Crippen MR) is 137 cm³/mol. The van der Waals surface area contributed by atoms with E-state index in [4.69, 9.17) is 4.42 Å². The third kappa shape index (κ3) is 6.11. The fourth-order valence-corrected chi connectivity index (χ4v) is 5.45.